The van der Waals surface area contributed by atoms with Crippen molar-refractivity contribution in [3.8, 4) is 0 Å². The molecule has 1 amide bonds. The number of sulfonamides is 1. The summed E-state index contributed by atoms with van der Waals surface area (Å²) in [6.45, 7) is 7.65. The van der Waals surface area contributed by atoms with Crippen LogP contribution in [-0.2, 0) is 26.0 Å². The van der Waals surface area contributed by atoms with E-state index in [1.54, 1.807) is 12.1 Å². The van der Waals surface area contributed by atoms with Gasteiger partial charge in [0.25, 0.3) is 0 Å². The number of ether oxygens (including phenoxy) is 1. The van der Waals surface area contributed by atoms with Crippen LogP contribution < -0.4 is 5.32 Å². The van der Waals surface area contributed by atoms with Crippen LogP contribution in [0.2, 0.25) is 0 Å². The van der Waals surface area contributed by atoms with E-state index in [2.05, 4.69) is 5.32 Å². The van der Waals surface area contributed by atoms with Crippen LogP contribution in [0.4, 0.5) is 0 Å². The van der Waals surface area contributed by atoms with Gasteiger partial charge in [-0.3, -0.25) is 4.79 Å². The highest BCUT2D eigenvalue weighted by molar-refractivity contribution is 7.89. The van der Waals surface area contributed by atoms with Gasteiger partial charge in [0, 0.05) is 37.8 Å². The molecule has 2 fully saturated rings. The second kappa shape index (κ2) is 7.89. The Morgan fingerprint density at radius 3 is 2.44 bits per heavy atom. The SMILES string of the molecule is CCc1ccc(S(=O)(=O)N2CC(C(=O)NC(C)C)C3(CCOCC3)C2)cc1. The number of carbonyl (C=O) groups is 1. The summed E-state index contributed by atoms with van der Waals surface area (Å²) in [5.41, 5.74) is 0.763. The van der Waals surface area contributed by atoms with Crippen LogP contribution in [0.5, 0.6) is 0 Å². The van der Waals surface area contributed by atoms with Gasteiger partial charge in [-0.25, -0.2) is 8.42 Å². The average Bonchev–Trinajstić information content (AvgIpc) is 3.01. The molecule has 0 aliphatic carbocycles. The molecule has 2 aliphatic heterocycles. The molecule has 2 saturated heterocycles. The summed E-state index contributed by atoms with van der Waals surface area (Å²) in [6.07, 6.45) is 2.29. The smallest absolute Gasteiger partial charge is 0.243 e. The summed E-state index contributed by atoms with van der Waals surface area (Å²) < 4.78 is 33.4. The first-order chi connectivity index (χ1) is 12.8. The van der Waals surface area contributed by atoms with Crippen LogP contribution in [0.3, 0.4) is 0 Å². The number of rotatable bonds is 5. The first-order valence-electron chi connectivity index (χ1n) is 9.76. The van der Waals surface area contributed by atoms with Gasteiger partial charge in [0.05, 0.1) is 10.8 Å². The predicted molar refractivity (Wildman–Crippen MR) is 104 cm³/mol. The number of aryl methyl sites for hydroxylation is 1. The van der Waals surface area contributed by atoms with Crippen molar-refractivity contribution in [3.63, 3.8) is 0 Å². The quantitative estimate of drug-likeness (QED) is 0.831. The van der Waals surface area contributed by atoms with E-state index in [1.165, 1.54) is 4.31 Å². The third-order valence-electron chi connectivity index (χ3n) is 5.82. The number of amides is 1. The predicted octanol–water partition coefficient (Wildman–Crippen LogP) is 2.19. The molecule has 27 heavy (non-hydrogen) atoms. The zero-order valence-corrected chi connectivity index (χ0v) is 17.2. The van der Waals surface area contributed by atoms with Crippen LogP contribution in [0.25, 0.3) is 0 Å². The van der Waals surface area contributed by atoms with Crippen LogP contribution in [0, 0.1) is 11.3 Å². The molecule has 2 aliphatic rings. The maximum Gasteiger partial charge on any atom is 0.243 e. The van der Waals surface area contributed by atoms with Crippen LogP contribution in [-0.4, -0.2) is 51.0 Å². The molecular weight excluding hydrogens is 364 g/mol. The molecule has 0 aromatic heterocycles. The molecule has 2 heterocycles. The Morgan fingerprint density at radius 2 is 1.89 bits per heavy atom. The monoisotopic (exact) mass is 394 g/mol. The van der Waals surface area contributed by atoms with Gasteiger partial charge < -0.3 is 10.1 Å². The molecule has 1 aromatic rings. The largest absolute Gasteiger partial charge is 0.381 e. The Kier molecular flexibility index (Phi) is 5.93. The molecule has 1 spiro atoms. The number of nitrogens with one attached hydrogen (secondary N) is 1. The fraction of sp³-hybridized carbons (Fsp3) is 0.650. The highest BCUT2D eigenvalue weighted by Gasteiger charge is 2.53. The number of carbonyl (C=O) groups excluding carboxylic acids is 1. The normalized spacial score (nSPS) is 23.0. The lowest BCUT2D eigenvalue weighted by atomic mass is 9.71. The summed E-state index contributed by atoms with van der Waals surface area (Å²) in [7, 11) is -3.62. The minimum atomic E-state index is -3.62. The van der Waals surface area contributed by atoms with Crippen molar-refractivity contribution < 1.29 is 17.9 Å². The van der Waals surface area contributed by atoms with E-state index in [9.17, 15) is 13.2 Å². The second-order valence-corrected chi connectivity index (χ2v) is 9.92. The van der Waals surface area contributed by atoms with Crippen LogP contribution >= 0.6 is 0 Å². The van der Waals surface area contributed by atoms with E-state index in [0.29, 0.717) is 37.5 Å². The number of hydrogen-bond donors (Lipinski definition) is 1. The Labute approximate surface area is 162 Å². The fourth-order valence-corrected chi connectivity index (χ4v) is 5.73. The van der Waals surface area contributed by atoms with Crippen LogP contribution in [0.1, 0.15) is 39.2 Å². The molecule has 1 atom stereocenters. The summed E-state index contributed by atoms with van der Waals surface area (Å²) in [5.74, 6) is -0.389. The molecule has 0 saturated carbocycles. The van der Waals surface area contributed by atoms with Gasteiger partial charge in [0.1, 0.15) is 0 Å². The lowest BCUT2D eigenvalue weighted by Crippen LogP contribution is -2.46. The first-order valence-corrected chi connectivity index (χ1v) is 11.2. The number of hydrogen-bond acceptors (Lipinski definition) is 4. The summed E-state index contributed by atoms with van der Waals surface area (Å²) in [4.78, 5) is 13.1. The Balaban J connectivity index is 1.88. The lowest BCUT2D eigenvalue weighted by Gasteiger charge is -2.37. The van der Waals surface area contributed by atoms with Crippen molar-refractivity contribution >= 4 is 15.9 Å². The van der Waals surface area contributed by atoms with E-state index in [1.807, 2.05) is 32.9 Å². The Hall–Kier alpha value is -1.44. The summed E-state index contributed by atoms with van der Waals surface area (Å²) in [5, 5.41) is 2.98. The van der Waals surface area contributed by atoms with Gasteiger partial charge in [-0.05, 0) is 50.8 Å². The van der Waals surface area contributed by atoms with Crippen molar-refractivity contribution in [3.05, 3.63) is 29.8 Å². The van der Waals surface area contributed by atoms with E-state index in [-0.39, 0.29) is 29.8 Å². The minimum Gasteiger partial charge on any atom is -0.381 e. The molecule has 0 radical (unpaired) electrons. The standard InChI is InChI=1S/C20H30N2O4S/c1-4-16-5-7-17(8-6-16)27(24,25)22-13-18(19(23)21-15(2)3)20(14-22)9-11-26-12-10-20/h5-8,15,18H,4,9-14H2,1-3H3,(H,21,23). The van der Waals surface area contributed by atoms with Crippen molar-refractivity contribution in [1.29, 1.82) is 0 Å². The van der Waals surface area contributed by atoms with Crippen molar-refractivity contribution in [2.45, 2.75) is 51.0 Å². The van der Waals surface area contributed by atoms with Gasteiger partial charge in [0.2, 0.25) is 15.9 Å². The van der Waals surface area contributed by atoms with Gasteiger partial charge >= 0.3 is 0 Å². The lowest BCUT2D eigenvalue weighted by molar-refractivity contribution is -0.130. The molecule has 0 bridgehead atoms. The highest BCUT2D eigenvalue weighted by Crippen LogP contribution is 2.46. The van der Waals surface area contributed by atoms with E-state index < -0.39 is 10.0 Å². The van der Waals surface area contributed by atoms with Crippen LogP contribution in [0.15, 0.2) is 29.2 Å². The van der Waals surface area contributed by atoms with E-state index in [0.717, 1.165) is 12.0 Å². The zero-order chi connectivity index (χ0) is 19.7. The van der Waals surface area contributed by atoms with Crippen molar-refractivity contribution in [2.24, 2.45) is 11.3 Å². The van der Waals surface area contributed by atoms with Gasteiger partial charge in [-0.15, -0.1) is 0 Å². The second-order valence-electron chi connectivity index (χ2n) is 7.99. The molecule has 6 nitrogen and oxygen atoms in total. The van der Waals surface area contributed by atoms with Crippen molar-refractivity contribution in [1.82, 2.24) is 9.62 Å². The number of nitrogens with zero attached hydrogens (tertiary/aromatic N) is 1. The summed E-state index contributed by atoms with van der Waals surface area (Å²) in [6, 6.07) is 7.09. The maximum atomic E-state index is 13.2. The third-order valence-corrected chi connectivity index (χ3v) is 7.65. The third kappa shape index (κ3) is 4.05. The maximum absolute atomic E-state index is 13.2. The fourth-order valence-electron chi connectivity index (χ4n) is 4.18. The molecule has 7 heteroatoms. The molecule has 3 rings (SSSR count). The summed E-state index contributed by atoms with van der Waals surface area (Å²) >= 11 is 0. The number of benzene rings is 1. The van der Waals surface area contributed by atoms with E-state index in [4.69, 9.17) is 4.74 Å². The van der Waals surface area contributed by atoms with E-state index >= 15 is 0 Å². The minimum absolute atomic E-state index is 0.0293. The average molecular weight is 395 g/mol. The topological polar surface area (TPSA) is 75.7 Å². The zero-order valence-electron chi connectivity index (χ0n) is 16.4. The Morgan fingerprint density at radius 1 is 1.26 bits per heavy atom. The highest BCUT2D eigenvalue weighted by atomic mass is 32.2. The van der Waals surface area contributed by atoms with Gasteiger partial charge in [-0.1, -0.05) is 19.1 Å². The van der Waals surface area contributed by atoms with Gasteiger partial charge in [-0.2, -0.15) is 4.31 Å². The molecule has 1 aromatic carbocycles. The molecular formula is C20H30N2O4S. The Bertz CT molecular complexity index is 768. The first kappa shape index (κ1) is 20.3. The molecule has 150 valence electrons. The molecule has 1 N–H and O–H groups in total. The van der Waals surface area contributed by atoms with Crippen molar-refractivity contribution in [2.75, 3.05) is 26.3 Å². The van der Waals surface area contributed by atoms with Gasteiger partial charge in [0.15, 0.2) is 0 Å². The molecule has 1 unspecified atom stereocenters.